The third-order valence-corrected chi connectivity index (χ3v) is 5.33. The van der Waals surface area contributed by atoms with Crippen LogP contribution in [0.15, 0.2) is 30.3 Å². The highest BCUT2D eigenvalue weighted by molar-refractivity contribution is 7.12. The molecule has 0 fully saturated rings. The Morgan fingerprint density at radius 3 is 2.37 bits per heavy atom. The van der Waals surface area contributed by atoms with E-state index in [9.17, 15) is 4.39 Å². The van der Waals surface area contributed by atoms with Crippen molar-refractivity contribution >= 4 is 34.5 Å². The molecule has 0 radical (unpaired) electrons. The Labute approximate surface area is 127 Å². The van der Waals surface area contributed by atoms with E-state index in [1.165, 1.54) is 10.9 Å². The average Bonchev–Trinajstić information content (AvgIpc) is 2.81. The summed E-state index contributed by atoms with van der Waals surface area (Å²) in [5.41, 5.74) is 0.926. The zero-order chi connectivity index (χ0) is 14.2. The van der Waals surface area contributed by atoms with Gasteiger partial charge in [0.2, 0.25) is 0 Å². The van der Waals surface area contributed by atoms with Crippen LogP contribution in [-0.2, 0) is 5.41 Å². The van der Waals surface area contributed by atoms with Crippen LogP contribution in [0.3, 0.4) is 0 Å². The van der Waals surface area contributed by atoms with Crippen LogP contribution >= 0.6 is 34.5 Å². The van der Waals surface area contributed by atoms with E-state index in [2.05, 4.69) is 26.8 Å². The largest absolute Gasteiger partial charge is 0.205 e. The van der Waals surface area contributed by atoms with E-state index in [0.29, 0.717) is 0 Å². The van der Waals surface area contributed by atoms with E-state index in [4.69, 9.17) is 23.2 Å². The highest BCUT2D eigenvalue weighted by Gasteiger charge is 2.20. The average molecular weight is 317 g/mol. The lowest BCUT2D eigenvalue weighted by Crippen LogP contribution is -2.07. The van der Waals surface area contributed by atoms with E-state index in [1.807, 2.05) is 6.07 Å². The summed E-state index contributed by atoms with van der Waals surface area (Å²) in [6, 6.07) is 8.74. The van der Waals surface area contributed by atoms with Gasteiger partial charge < -0.3 is 0 Å². The quantitative estimate of drug-likeness (QED) is 0.581. The minimum absolute atomic E-state index is 0.107. The van der Waals surface area contributed by atoms with Crippen LogP contribution in [0, 0.1) is 5.82 Å². The third-order valence-electron chi connectivity index (χ3n) is 2.85. The molecule has 0 aliphatic carbocycles. The molecule has 0 saturated heterocycles. The van der Waals surface area contributed by atoms with Crippen LogP contribution in [0.1, 0.15) is 41.5 Å². The maximum Gasteiger partial charge on any atom is 0.141 e. The molecule has 0 spiro atoms. The van der Waals surface area contributed by atoms with Crippen molar-refractivity contribution in [2.75, 3.05) is 0 Å². The molecule has 1 aromatic carbocycles. The third kappa shape index (κ3) is 3.31. The van der Waals surface area contributed by atoms with Crippen molar-refractivity contribution in [2.45, 2.75) is 31.6 Å². The Hall–Kier alpha value is -0.570. The summed E-state index contributed by atoms with van der Waals surface area (Å²) in [6.07, 6.45) is 0. The Bertz CT molecular complexity index is 584. The van der Waals surface area contributed by atoms with Crippen molar-refractivity contribution in [1.29, 1.82) is 0 Å². The molecular formula is C15H15Cl2FS. The normalized spacial score (nSPS) is 13.6. The van der Waals surface area contributed by atoms with E-state index >= 15 is 0 Å². The van der Waals surface area contributed by atoms with Crippen LogP contribution in [0.2, 0.25) is 5.02 Å². The summed E-state index contributed by atoms with van der Waals surface area (Å²) in [4.78, 5) is 2.33. The molecule has 0 aliphatic heterocycles. The number of benzene rings is 1. The number of alkyl halides is 1. The van der Waals surface area contributed by atoms with Crippen LogP contribution in [0.4, 0.5) is 4.39 Å². The molecule has 0 bridgehead atoms. The number of halogens is 3. The second-order valence-electron chi connectivity index (χ2n) is 5.49. The second-order valence-corrected chi connectivity index (χ2v) is 7.45. The molecular weight excluding hydrogens is 302 g/mol. The van der Waals surface area contributed by atoms with Crippen molar-refractivity contribution in [3.05, 3.63) is 56.5 Å². The summed E-state index contributed by atoms with van der Waals surface area (Å²) in [5, 5.41) is -0.185. The first-order chi connectivity index (χ1) is 8.79. The molecule has 1 atom stereocenters. The van der Waals surface area contributed by atoms with Crippen molar-refractivity contribution in [3.63, 3.8) is 0 Å². The van der Waals surface area contributed by atoms with Gasteiger partial charge in [0, 0.05) is 9.75 Å². The van der Waals surface area contributed by atoms with Gasteiger partial charge in [-0.15, -0.1) is 22.9 Å². The van der Waals surface area contributed by atoms with Crippen molar-refractivity contribution in [2.24, 2.45) is 0 Å². The maximum atomic E-state index is 13.2. The second kappa shape index (κ2) is 5.43. The van der Waals surface area contributed by atoms with Crippen LogP contribution < -0.4 is 0 Å². The first kappa shape index (κ1) is 14.8. The number of thiophene rings is 1. The highest BCUT2D eigenvalue weighted by atomic mass is 35.5. The van der Waals surface area contributed by atoms with Crippen LogP contribution in [0.25, 0.3) is 0 Å². The zero-order valence-corrected chi connectivity index (χ0v) is 13.3. The van der Waals surface area contributed by atoms with Gasteiger partial charge in [-0.05, 0) is 35.2 Å². The van der Waals surface area contributed by atoms with Gasteiger partial charge in [-0.3, -0.25) is 0 Å². The molecule has 1 unspecified atom stereocenters. The summed E-state index contributed by atoms with van der Waals surface area (Å²) < 4.78 is 13.2. The number of rotatable bonds is 2. The molecule has 102 valence electrons. The van der Waals surface area contributed by atoms with E-state index in [0.717, 1.165) is 10.4 Å². The minimum atomic E-state index is -0.421. The van der Waals surface area contributed by atoms with Gasteiger partial charge in [-0.1, -0.05) is 38.4 Å². The lowest BCUT2D eigenvalue weighted by atomic mass is 9.95. The highest BCUT2D eigenvalue weighted by Crippen LogP contribution is 2.38. The van der Waals surface area contributed by atoms with Gasteiger partial charge in [-0.25, -0.2) is 4.39 Å². The summed E-state index contributed by atoms with van der Waals surface area (Å²) >= 11 is 13.9. The predicted molar refractivity (Wildman–Crippen MR) is 82.1 cm³/mol. The lowest BCUT2D eigenvalue weighted by Gasteiger charge is -2.15. The maximum absolute atomic E-state index is 13.2. The topological polar surface area (TPSA) is 0 Å². The number of hydrogen-bond acceptors (Lipinski definition) is 1. The molecule has 4 heteroatoms. The summed E-state index contributed by atoms with van der Waals surface area (Å²) in [7, 11) is 0. The van der Waals surface area contributed by atoms with Gasteiger partial charge in [0.05, 0.1) is 10.4 Å². The Balaban J connectivity index is 2.31. The van der Waals surface area contributed by atoms with Crippen molar-refractivity contribution in [3.8, 4) is 0 Å². The van der Waals surface area contributed by atoms with E-state index in [-0.39, 0.29) is 15.8 Å². The molecule has 0 saturated carbocycles. The summed E-state index contributed by atoms with van der Waals surface area (Å²) in [6.45, 7) is 6.50. The van der Waals surface area contributed by atoms with Crippen molar-refractivity contribution < 1.29 is 4.39 Å². The Morgan fingerprint density at radius 1 is 1.16 bits per heavy atom. The molecule has 2 aromatic rings. The fourth-order valence-electron chi connectivity index (χ4n) is 1.73. The van der Waals surface area contributed by atoms with Crippen LogP contribution in [-0.4, -0.2) is 0 Å². The van der Waals surface area contributed by atoms with Gasteiger partial charge in [0.1, 0.15) is 5.82 Å². The minimum Gasteiger partial charge on any atom is -0.205 e. The first-order valence-corrected chi connectivity index (χ1v) is 7.61. The number of hydrogen-bond donors (Lipinski definition) is 0. The standard InChI is InChI=1S/C15H15Cl2FS/c1-15(2,3)13-7-6-12(19-13)14(17)9-4-5-11(18)10(16)8-9/h4-8,14H,1-3H3. The summed E-state index contributed by atoms with van der Waals surface area (Å²) in [5.74, 6) is -0.421. The van der Waals surface area contributed by atoms with Crippen molar-refractivity contribution in [1.82, 2.24) is 0 Å². The van der Waals surface area contributed by atoms with Gasteiger partial charge in [-0.2, -0.15) is 0 Å². The zero-order valence-electron chi connectivity index (χ0n) is 11.0. The smallest absolute Gasteiger partial charge is 0.141 e. The van der Waals surface area contributed by atoms with Gasteiger partial charge in [0.15, 0.2) is 0 Å². The fourth-order valence-corrected chi connectivity index (χ4v) is 3.33. The van der Waals surface area contributed by atoms with E-state index < -0.39 is 5.82 Å². The molecule has 1 heterocycles. The molecule has 0 amide bonds. The molecule has 0 aliphatic rings. The van der Waals surface area contributed by atoms with Gasteiger partial charge in [0.25, 0.3) is 0 Å². The monoisotopic (exact) mass is 316 g/mol. The van der Waals surface area contributed by atoms with E-state index in [1.54, 1.807) is 23.5 Å². The Morgan fingerprint density at radius 2 is 1.84 bits per heavy atom. The predicted octanol–water partition coefficient (Wildman–Crippen LogP) is 6.17. The van der Waals surface area contributed by atoms with Gasteiger partial charge >= 0.3 is 0 Å². The SMILES string of the molecule is CC(C)(C)c1ccc(C(Cl)c2ccc(F)c(Cl)c2)s1. The molecule has 19 heavy (non-hydrogen) atoms. The fraction of sp³-hybridized carbons (Fsp3) is 0.333. The molecule has 0 nitrogen and oxygen atoms in total. The molecule has 0 N–H and O–H groups in total. The first-order valence-electron chi connectivity index (χ1n) is 5.98. The lowest BCUT2D eigenvalue weighted by molar-refractivity contribution is 0.604. The molecule has 2 rings (SSSR count). The van der Waals surface area contributed by atoms with Crippen LogP contribution in [0.5, 0.6) is 0 Å². The Kier molecular flexibility index (Phi) is 4.24. The molecule has 1 aromatic heterocycles.